The zero-order chi connectivity index (χ0) is 111. The third-order valence-corrected chi connectivity index (χ3v) is 24.5. The molecule has 150 heavy (non-hydrogen) atoms. The Morgan fingerprint density at radius 3 is 1.37 bits per heavy atom. The van der Waals surface area contributed by atoms with E-state index in [2.05, 4.69) is 121 Å². The molecule has 2 aromatic carbocycles. The third kappa shape index (κ3) is 41.3. The zero-order valence-corrected chi connectivity index (χ0v) is 87.8. The second-order valence-electron chi connectivity index (χ2n) is 38.1. The van der Waals surface area contributed by atoms with Gasteiger partial charge in [0.25, 0.3) is 11.8 Å². The number of nitrogens with two attached hydrogens (primary N) is 5. The number of aliphatic hydroxyl groups excluding tert-OH is 1. The minimum atomic E-state index is -1.64. The average Bonchev–Trinajstić information content (AvgIpc) is 1.58. The van der Waals surface area contributed by atoms with Crippen molar-refractivity contribution < 1.29 is 91.4 Å². The lowest BCUT2D eigenvalue weighted by molar-refractivity contribution is -0.159. The van der Waals surface area contributed by atoms with Gasteiger partial charge in [0.05, 0.1) is 43.2 Å². The van der Waals surface area contributed by atoms with Gasteiger partial charge in [-0.25, -0.2) is 9.48 Å². The van der Waals surface area contributed by atoms with Crippen LogP contribution < -0.4 is 130 Å². The number of aromatic nitrogens is 5. The highest BCUT2D eigenvalue weighted by Gasteiger charge is 2.40. The van der Waals surface area contributed by atoms with E-state index in [4.69, 9.17) is 59.9 Å². The largest absolute Gasteiger partial charge is 0.394 e. The van der Waals surface area contributed by atoms with E-state index in [9.17, 15) is 77.0 Å². The molecule has 6 rings (SSSR count). The van der Waals surface area contributed by atoms with Crippen molar-refractivity contribution in [3.8, 4) is 0 Å². The first-order chi connectivity index (χ1) is 71.1. The predicted molar refractivity (Wildman–Crippen MR) is 559 cm³/mol. The minimum absolute atomic E-state index is 0.000152. The fourth-order valence-electron chi connectivity index (χ4n) is 16.2. The number of primary amides is 1. The van der Waals surface area contributed by atoms with Crippen molar-refractivity contribution in [2.75, 3.05) is 72.7 Å². The Labute approximate surface area is 871 Å². The first kappa shape index (κ1) is 124. The van der Waals surface area contributed by atoms with Crippen molar-refractivity contribution in [3.05, 3.63) is 83.9 Å². The number of hydroxylamine groups is 1. The molecule has 0 unspecified atom stereocenters. The zero-order valence-electron chi connectivity index (χ0n) is 87.8. The number of carbonyl (C=O) groups is 16. The number of para-hydroxylation sites is 2. The van der Waals surface area contributed by atoms with Crippen molar-refractivity contribution in [1.29, 1.82) is 21.6 Å². The molecule has 53 nitrogen and oxygen atoms in total. The summed E-state index contributed by atoms with van der Waals surface area (Å²) < 4.78 is 11.6. The molecule has 1 aliphatic rings. The molecular formula is C97H156N34O19. The maximum atomic E-state index is 15.1. The summed E-state index contributed by atoms with van der Waals surface area (Å²) in [5, 5.41) is 98.9. The summed E-state index contributed by atoms with van der Waals surface area (Å²) >= 11 is 0. The Morgan fingerprint density at radius 2 is 0.880 bits per heavy atom. The van der Waals surface area contributed by atoms with Crippen LogP contribution in [0.5, 0.6) is 0 Å². The maximum absolute atomic E-state index is 15.1. The summed E-state index contributed by atoms with van der Waals surface area (Å²) in [6, 6.07) is -2.54. The summed E-state index contributed by atoms with van der Waals surface area (Å²) in [7, 11) is 3.88. The van der Waals surface area contributed by atoms with Gasteiger partial charge >= 0.3 is 5.97 Å². The van der Waals surface area contributed by atoms with Gasteiger partial charge in [0, 0.05) is 111 Å². The van der Waals surface area contributed by atoms with E-state index in [1.807, 2.05) is 92.7 Å². The van der Waals surface area contributed by atoms with E-state index < -0.39 is 192 Å². The van der Waals surface area contributed by atoms with Crippen molar-refractivity contribution in [2.45, 2.75) is 271 Å². The maximum Gasteiger partial charge on any atom is 0.347 e. The first-order valence-electron chi connectivity index (χ1n) is 50.5. The fraction of sp³-hybridized carbons (Fsp3) is 0.588. The standard InChI is InChI=1S/C97H156N34O19/c1-14-55(6)78(116-60(11)133)92(147)115-59(10)81(136)117-66(28-19-20-35-98)85(140)118-68(30-22-37-108-95(102)103)86(141)119-69(31-23-38-109-96(104)105)87(142)121-70(93(148)150-126-72(47-54(4)5)89(144)114-56(7)80(135)112-57(8)82(137)122-71(46-53(2)3)88(143)120-67(29-21-36-107-94(100)101)84(139)113-58(9)83(138)123-73(52-132)79(99)134)32-24-39-110-97(106)111-40-44-149-45-43-131-49-61(125-127-131)48-128(12)41-25-42-130-51-65(63-27-16-18-34-75(63)130)77-76(90(145)124-91(77)146)64-50-129(13)74-33-17-15-26-62(64)74/h15-18,26-27,33-34,49-51,53-59,66-73,78,126,132H,14,19-25,28-32,35-48,52,98H2,1-13H3,(H2,99,134)(H,112,135)(H,113,139)(H,114,144)(H,115,147)(H,116,133)(H,117,136)(H,118,140)(H,119,141)(H,120,143)(H,121,142)(H,122,137)(H,123,138)(H4,100,101,107)(H4,102,103,108)(H4,104,105,109)(H3,106,110,111)(H,124,145,146)/t55-,56-,57-,58-,59-,66-,67-,68-,69-,70-,71-,72-,73-,78-/m0/s1. The van der Waals surface area contributed by atoms with Crippen LogP contribution in [0.4, 0.5) is 0 Å². The molecule has 14 atom stereocenters. The molecule has 0 fully saturated rings. The van der Waals surface area contributed by atoms with E-state index >= 15 is 4.79 Å². The fourth-order valence-corrected chi connectivity index (χ4v) is 16.2. The molecule has 15 amide bonds. The van der Waals surface area contributed by atoms with Crippen LogP contribution in [0.25, 0.3) is 33.0 Å². The summed E-state index contributed by atoms with van der Waals surface area (Å²) in [5.74, 6) is -15.5. The second-order valence-corrected chi connectivity index (χ2v) is 38.1. The number of nitrogens with one attached hydrogen (secondary N) is 23. The monoisotopic (exact) mass is 2100 g/mol. The van der Waals surface area contributed by atoms with Crippen molar-refractivity contribution >= 4 is 151 Å². The Kier molecular flexibility index (Phi) is 51.9. The van der Waals surface area contributed by atoms with Crippen LogP contribution >= 0.6 is 0 Å². The van der Waals surface area contributed by atoms with Crippen LogP contribution in [0.2, 0.25) is 0 Å². The first-order valence-corrected chi connectivity index (χ1v) is 50.5. The van der Waals surface area contributed by atoms with Crippen LogP contribution in [-0.2, 0) is 113 Å². The summed E-state index contributed by atoms with van der Waals surface area (Å²) in [6.45, 7) is 19.1. The van der Waals surface area contributed by atoms with Crippen LogP contribution in [0.1, 0.15) is 189 Å². The highest BCUT2D eigenvalue weighted by atomic mass is 16.7. The highest BCUT2D eigenvalue weighted by molar-refractivity contribution is 6.51. The van der Waals surface area contributed by atoms with Gasteiger partial charge in [0.1, 0.15) is 78.5 Å². The predicted octanol–water partition coefficient (Wildman–Crippen LogP) is -4.41. The van der Waals surface area contributed by atoms with Gasteiger partial charge in [-0.15, -0.1) is 10.6 Å². The molecule has 0 aliphatic carbocycles. The van der Waals surface area contributed by atoms with Gasteiger partial charge in [0.2, 0.25) is 76.8 Å². The molecular weight excluding hydrogens is 1950 g/mol. The molecule has 0 spiro atoms. The SMILES string of the molecule is CC[C@H](C)[C@H](NC(C)=O)C(=O)N[C@@H](C)C(=O)N[C@@H](CCCCN)C(=O)N[C@@H](CCCNC(=N)N)C(=O)N[C@@H](CCCNC(=N)N)C(=O)N[C@@H](CCCNC(=N)NCCOCCn1cc(CN(C)CCCn2cc(C3=C(c4cn(C)c5ccccc45)C(=O)NC3=O)c3ccccc32)nn1)C(=O)ON[C@@H](CC(C)C)C(=O)N[C@@H](C)C(=O)N[C@@H](C)C(=O)N[C@@H](CC(C)C)C(=O)N[C@@H](CCCNC(=N)N)C(=O)N[C@@H](C)C(=O)N[C@@H](CO)C(N)=O. The number of aryl methyl sites for hydroxylation is 2. The van der Waals surface area contributed by atoms with Gasteiger partial charge < -0.3 is 148 Å². The van der Waals surface area contributed by atoms with Crippen LogP contribution in [0.15, 0.2) is 67.1 Å². The normalized spacial score (nSPS) is 14.7. The Bertz CT molecular complexity index is 5500. The number of rotatable bonds is 68. The van der Waals surface area contributed by atoms with E-state index in [-0.39, 0.29) is 153 Å². The quantitative estimate of drug-likeness (QED) is 0.00574. The van der Waals surface area contributed by atoms with Gasteiger partial charge in [-0.1, -0.05) is 89.6 Å². The average molecular weight is 2100 g/mol. The topological polar surface area (TPSA) is 810 Å². The Hall–Kier alpha value is -15.0. The third-order valence-electron chi connectivity index (χ3n) is 24.5. The number of fused-ring (bicyclic) bond motifs is 2. The van der Waals surface area contributed by atoms with E-state index in [1.165, 1.54) is 34.6 Å². The lowest BCUT2D eigenvalue weighted by atomic mass is 9.95. The van der Waals surface area contributed by atoms with Crippen LogP contribution in [-0.4, -0.2) is 304 Å². The molecule has 3 aromatic heterocycles. The Balaban J connectivity index is 1.15. The lowest BCUT2D eigenvalue weighted by Crippen LogP contribution is -2.59. The molecule has 53 heteroatoms. The Morgan fingerprint density at radius 1 is 0.467 bits per heavy atom. The number of imide groups is 1. The number of benzene rings is 2. The number of amides is 15. The number of unbranched alkanes of at least 4 members (excludes halogenated alkanes) is 1. The highest BCUT2D eigenvalue weighted by Crippen LogP contribution is 2.39. The number of ether oxygens (including phenoxy) is 1. The van der Waals surface area contributed by atoms with E-state index in [0.717, 1.165) is 33.9 Å². The van der Waals surface area contributed by atoms with Crippen molar-refractivity contribution in [1.82, 2.24) is 130 Å². The molecule has 828 valence electrons. The number of hydrogen-bond acceptors (Lipinski definition) is 28. The molecule has 34 N–H and O–H groups in total. The number of aliphatic hydroxyl groups is 1. The molecule has 4 heterocycles. The number of hydrogen-bond donors (Lipinski definition) is 29. The summed E-state index contributed by atoms with van der Waals surface area (Å²) in [5.41, 5.74) is 34.8. The molecule has 0 radical (unpaired) electrons. The summed E-state index contributed by atoms with van der Waals surface area (Å²) in [6.07, 6.45) is 7.02. The van der Waals surface area contributed by atoms with E-state index in [0.29, 0.717) is 67.7 Å². The molecule has 0 saturated heterocycles. The van der Waals surface area contributed by atoms with E-state index in [1.54, 1.807) is 39.3 Å². The lowest BCUT2D eigenvalue weighted by Gasteiger charge is -2.28. The van der Waals surface area contributed by atoms with Crippen LogP contribution in [0, 0.1) is 39.4 Å². The van der Waals surface area contributed by atoms with Gasteiger partial charge in [-0.3, -0.25) is 98.9 Å². The van der Waals surface area contributed by atoms with Crippen molar-refractivity contribution in [3.63, 3.8) is 0 Å². The number of nitrogens with zero attached hydrogens (tertiary/aromatic N) is 6. The minimum Gasteiger partial charge on any atom is -0.394 e. The van der Waals surface area contributed by atoms with Gasteiger partial charge in [-0.2, -0.15) is 0 Å². The van der Waals surface area contributed by atoms with Crippen molar-refractivity contribution in [2.24, 2.45) is 53.5 Å². The molecule has 1 aliphatic heterocycles. The molecule has 0 bridgehead atoms. The number of guanidine groups is 4. The van der Waals surface area contributed by atoms with Gasteiger partial charge in [-0.05, 0) is 168 Å². The second kappa shape index (κ2) is 63.0. The van der Waals surface area contributed by atoms with Crippen LogP contribution in [0.3, 0.4) is 0 Å². The summed E-state index contributed by atoms with van der Waals surface area (Å²) in [4.78, 5) is 229. The van der Waals surface area contributed by atoms with Gasteiger partial charge in [0.15, 0.2) is 23.8 Å². The number of carbonyl (C=O) groups excluding carboxylic acids is 16. The molecule has 0 saturated carbocycles. The smallest absolute Gasteiger partial charge is 0.347 e. The molecule has 5 aromatic rings.